The van der Waals surface area contributed by atoms with E-state index in [-0.39, 0.29) is 0 Å². The molecule has 2 aliphatic carbocycles. The number of hydrogen-bond donors (Lipinski definition) is 0. The number of hydrogen-bond acceptors (Lipinski definition) is 0. The van der Waals surface area contributed by atoms with Crippen LogP contribution in [0.5, 0.6) is 0 Å². The second-order valence-electron chi connectivity index (χ2n) is 7.95. The first-order chi connectivity index (χ1) is 12.2. The molecule has 0 aromatic carbocycles. The van der Waals surface area contributed by atoms with Gasteiger partial charge in [-0.3, -0.25) is 0 Å². The quantitative estimate of drug-likeness (QED) is 0.429. The first-order valence-corrected chi connectivity index (χ1v) is 9.05. The van der Waals surface area contributed by atoms with Crippen LogP contribution in [0.3, 0.4) is 0 Å². The minimum atomic E-state index is -5.47. The van der Waals surface area contributed by atoms with Crippen molar-refractivity contribution in [1.29, 1.82) is 0 Å². The maximum atomic E-state index is 14.4. The van der Waals surface area contributed by atoms with Crippen molar-refractivity contribution in [2.24, 2.45) is 29.1 Å². The van der Waals surface area contributed by atoms with Gasteiger partial charge in [0.25, 0.3) is 0 Å². The van der Waals surface area contributed by atoms with E-state index in [1.807, 2.05) is 0 Å². The molecule has 0 aromatic rings. The van der Waals surface area contributed by atoms with Gasteiger partial charge in [-0.15, -0.1) is 0 Å². The fourth-order valence-corrected chi connectivity index (χ4v) is 4.43. The molecule has 2 aliphatic rings. The molecule has 0 saturated carbocycles. The summed E-state index contributed by atoms with van der Waals surface area (Å²) in [7, 11) is 0. The molecule has 0 nitrogen and oxygen atoms in total. The van der Waals surface area contributed by atoms with E-state index in [4.69, 9.17) is 0 Å². The minimum absolute atomic E-state index is 0.393. The Morgan fingerprint density at radius 1 is 0.741 bits per heavy atom. The number of halogens is 6. The van der Waals surface area contributed by atoms with Crippen molar-refractivity contribution in [2.75, 3.05) is 0 Å². The third-order valence-corrected chi connectivity index (χ3v) is 6.73. The fraction of sp³-hybridized carbons (Fsp3) is 0.619. The Kier molecular flexibility index (Phi) is 5.54. The van der Waals surface area contributed by atoms with E-state index >= 15 is 0 Å². The fourth-order valence-electron chi connectivity index (χ4n) is 4.43. The summed E-state index contributed by atoms with van der Waals surface area (Å²) in [6.45, 7) is 9.65. The lowest BCUT2D eigenvalue weighted by molar-refractivity contribution is -0.343. The standard InChI is InChI=1S/C21H26F6/c1-11-7-9-17(15(5)13(11)3)19(20(22,23)24,21(25,26)27)18-10-8-12(2)14(4)16(18)6/h7-10,13,15-16,18H,1-6H3. The summed E-state index contributed by atoms with van der Waals surface area (Å²) in [5.41, 5.74) is -2.45. The molecule has 152 valence electrons. The molecular weight excluding hydrogens is 366 g/mol. The van der Waals surface area contributed by atoms with Crippen LogP contribution in [0.4, 0.5) is 26.3 Å². The van der Waals surface area contributed by atoms with Gasteiger partial charge in [0.15, 0.2) is 5.41 Å². The summed E-state index contributed by atoms with van der Waals surface area (Å²) in [6.07, 6.45) is -5.99. The average Bonchev–Trinajstić information content (AvgIpc) is 2.52. The third kappa shape index (κ3) is 3.19. The molecule has 0 heterocycles. The Labute approximate surface area is 156 Å². The van der Waals surface area contributed by atoms with Crippen LogP contribution >= 0.6 is 0 Å². The van der Waals surface area contributed by atoms with Gasteiger partial charge in [0.05, 0.1) is 0 Å². The zero-order valence-corrected chi connectivity index (χ0v) is 16.4. The van der Waals surface area contributed by atoms with Crippen molar-refractivity contribution in [2.45, 2.75) is 53.9 Å². The van der Waals surface area contributed by atoms with E-state index in [1.54, 1.807) is 27.7 Å². The van der Waals surface area contributed by atoms with Gasteiger partial charge in [-0.05, 0) is 44.1 Å². The normalized spacial score (nSPS) is 30.4. The average molecular weight is 392 g/mol. The third-order valence-electron chi connectivity index (χ3n) is 6.73. The summed E-state index contributed by atoms with van der Waals surface area (Å²) in [4.78, 5) is 0. The topological polar surface area (TPSA) is 0 Å². The second-order valence-corrected chi connectivity index (χ2v) is 7.95. The van der Waals surface area contributed by atoms with Crippen LogP contribution in [0.1, 0.15) is 41.5 Å². The van der Waals surface area contributed by atoms with E-state index < -0.39 is 47.0 Å². The first-order valence-electron chi connectivity index (χ1n) is 9.05. The molecule has 2 rings (SSSR count). The lowest BCUT2D eigenvalue weighted by atomic mass is 9.57. The predicted octanol–water partition coefficient (Wildman–Crippen LogP) is 7.41. The molecular formula is C21H26F6. The molecule has 0 aliphatic heterocycles. The highest BCUT2D eigenvalue weighted by Gasteiger charge is 2.76. The van der Waals surface area contributed by atoms with Gasteiger partial charge in [-0.1, -0.05) is 61.8 Å². The first kappa shape index (κ1) is 21.8. The molecule has 27 heavy (non-hydrogen) atoms. The smallest absolute Gasteiger partial charge is 0.170 e. The maximum Gasteiger partial charge on any atom is 0.407 e. The lowest BCUT2D eigenvalue weighted by Crippen LogP contribution is -2.59. The van der Waals surface area contributed by atoms with Crippen LogP contribution < -0.4 is 0 Å². The van der Waals surface area contributed by atoms with Crippen molar-refractivity contribution in [1.82, 2.24) is 0 Å². The largest absolute Gasteiger partial charge is 0.407 e. The highest BCUT2D eigenvalue weighted by molar-refractivity contribution is 5.40. The second kappa shape index (κ2) is 6.85. The van der Waals surface area contributed by atoms with Gasteiger partial charge >= 0.3 is 12.4 Å². The zero-order valence-electron chi connectivity index (χ0n) is 16.4. The van der Waals surface area contributed by atoms with Gasteiger partial charge in [0, 0.05) is 5.92 Å². The van der Waals surface area contributed by atoms with Gasteiger partial charge in [0.2, 0.25) is 0 Å². The van der Waals surface area contributed by atoms with Crippen molar-refractivity contribution >= 4 is 0 Å². The minimum Gasteiger partial charge on any atom is -0.170 e. The molecule has 4 unspecified atom stereocenters. The van der Waals surface area contributed by atoms with Crippen molar-refractivity contribution in [3.63, 3.8) is 0 Å². The Morgan fingerprint density at radius 3 is 1.74 bits per heavy atom. The number of alkyl halides is 6. The molecule has 0 fully saturated rings. The molecule has 6 heteroatoms. The molecule has 4 atom stereocenters. The van der Waals surface area contributed by atoms with E-state index in [0.717, 1.165) is 17.7 Å². The van der Waals surface area contributed by atoms with Crippen molar-refractivity contribution < 1.29 is 26.3 Å². The van der Waals surface area contributed by atoms with Crippen molar-refractivity contribution in [3.05, 3.63) is 46.6 Å². The van der Waals surface area contributed by atoms with Gasteiger partial charge < -0.3 is 0 Å². The Morgan fingerprint density at radius 2 is 1.26 bits per heavy atom. The molecule has 0 amide bonds. The zero-order chi connectivity index (χ0) is 20.9. The highest BCUT2D eigenvalue weighted by atomic mass is 19.4. The van der Waals surface area contributed by atoms with E-state index in [0.29, 0.717) is 11.1 Å². The van der Waals surface area contributed by atoms with Crippen molar-refractivity contribution in [3.8, 4) is 0 Å². The predicted molar refractivity (Wildman–Crippen MR) is 94.9 cm³/mol. The van der Waals surface area contributed by atoms with Crippen LogP contribution in [0.15, 0.2) is 46.6 Å². The SMILES string of the molecule is CC1=CC=C(C(C2C=CC(C)=C(C)C2C)(C(F)(F)F)C(F)(F)F)C(C)C1C. The van der Waals surface area contributed by atoms with Crippen LogP contribution in [0.25, 0.3) is 0 Å². The molecule has 0 saturated heterocycles. The molecule has 0 aromatic heterocycles. The van der Waals surface area contributed by atoms with Crippen LogP contribution in [0.2, 0.25) is 0 Å². The number of allylic oxidation sites excluding steroid dienone is 8. The lowest BCUT2D eigenvalue weighted by Gasteiger charge is -2.50. The van der Waals surface area contributed by atoms with E-state index in [1.165, 1.54) is 26.0 Å². The summed E-state index contributed by atoms with van der Waals surface area (Å²) < 4.78 is 86.4. The highest BCUT2D eigenvalue weighted by Crippen LogP contribution is 2.65. The molecule has 0 radical (unpaired) electrons. The molecule has 0 bridgehead atoms. The van der Waals surface area contributed by atoms with Crippen LogP contribution in [-0.4, -0.2) is 12.4 Å². The summed E-state index contributed by atoms with van der Waals surface area (Å²) >= 11 is 0. The summed E-state index contributed by atoms with van der Waals surface area (Å²) in [6, 6.07) is 0. The molecule has 0 N–H and O–H groups in total. The van der Waals surface area contributed by atoms with Gasteiger partial charge in [0.1, 0.15) is 0 Å². The molecule has 0 spiro atoms. The van der Waals surface area contributed by atoms with Gasteiger partial charge in [-0.25, -0.2) is 0 Å². The van der Waals surface area contributed by atoms with E-state index in [2.05, 4.69) is 0 Å². The summed E-state index contributed by atoms with van der Waals surface area (Å²) in [5, 5.41) is 0. The van der Waals surface area contributed by atoms with E-state index in [9.17, 15) is 26.3 Å². The Bertz CT molecular complexity index is 700. The number of rotatable bonds is 2. The Balaban J connectivity index is 2.85. The monoisotopic (exact) mass is 392 g/mol. The maximum absolute atomic E-state index is 14.4. The van der Waals surface area contributed by atoms with Crippen LogP contribution in [0, 0.1) is 29.1 Å². The summed E-state index contributed by atoms with van der Waals surface area (Å²) in [5.74, 6) is -3.89. The Hall–Kier alpha value is -1.46. The van der Waals surface area contributed by atoms with Crippen LogP contribution in [-0.2, 0) is 0 Å². The van der Waals surface area contributed by atoms with Gasteiger partial charge in [-0.2, -0.15) is 26.3 Å².